The average molecular weight is 488 g/mol. The molecule has 0 radical (unpaired) electrons. The van der Waals surface area contributed by atoms with Crippen LogP contribution in [0.4, 0.5) is 10.9 Å². The number of aryl methyl sites for hydroxylation is 2. The van der Waals surface area contributed by atoms with Crippen LogP contribution in [0.25, 0.3) is 11.3 Å². The number of anilines is 2. The van der Waals surface area contributed by atoms with Gasteiger partial charge in [-0.15, -0.1) is 11.3 Å². The normalized spacial score (nSPS) is 18.0. The second-order valence-electron chi connectivity index (χ2n) is 7.83. The highest BCUT2D eigenvalue weighted by Gasteiger charge is 2.35. The van der Waals surface area contributed by atoms with Crippen LogP contribution in [-0.4, -0.2) is 53.9 Å². The molecule has 2 unspecified atom stereocenters. The van der Waals surface area contributed by atoms with E-state index in [1.807, 2.05) is 36.7 Å². The molecule has 176 valence electrons. The van der Waals surface area contributed by atoms with Crippen molar-refractivity contribution in [3.63, 3.8) is 0 Å². The molecule has 1 aromatic carbocycles. The largest absolute Gasteiger partial charge is 0.497 e. The Hall–Kier alpha value is -2.42. The zero-order valence-electron chi connectivity index (χ0n) is 19.5. The van der Waals surface area contributed by atoms with Crippen LogP contribution in [0.5, 0.6) is 5.75 Å². The lowest BCUT2D eigenvalue weighted by molar-refractivity contribution is 0.0719. The van der Waals surface area contributed by atoms with Crippen molar-refractivity contribution >= 4 is 33.9 Å². The second-order valence-corrected chi connectivity index (χ2v) is 9.11. The molecule has 0 bridgehead atoms. The van der Waals surface area contributed by atoms with E-state index in [0.29, 0.717) is 11.6 Å². The van der Waals surface area contributed by atoms with E-state index in [1.165, 1.54) is 0 Å². The summed E-state index contributed by atoms with van der Waals surface area (Å²) >= 11 is 8.22. The van der Waals surface area contributed by atoms with Gasteiger partial charge in [0.1, 0.15) is 11.6 Å². The smallest absolute Gasteiger partial charge is 0.185 e. The van der Waals surface area contributed by atoms with Crippen molar-refractivity contribution in [1.82, 2.24) is 15.0 Å². The van der Waals surface area contributed by atoms with Gasteiger partial charge in [0, 0.05) is 36.8 Å². The summed E-state index contributed by atoms with van der Waals surface area (Å²) in [4.78, 5) is 16.8. The van der Waals surface area contributed by atoms with Gasteiger partial charge in [0.15, 0.2) is 5.13 Å². The third-order valence-corrected chi connectivity index (χ3v) is 6.95. The molecule has 0 aliphatic carbocycles. The first-order valence-electron chi connectivity index (χ1n) is 11.3. The Morgan fingerprint density at radius 1 is 1.15 bits per heavy atom. The summed E-state index contributed by atoms with van der Waals surface area (Å²) in [5.74, 6) is 1.54. The summed E-state index contributed by atoms with van der Waals surface area (Å²) in [6, 6.07) is 5.76. The van der Waals surface area contributed by atoms with Crippen molar-refractivity contribution in [2.24, 2.45) is 0 Å². The zero-order valence-corrected chi connectivity index (χ0v) is 21.0. The van der Waals surface area contributed by atoms with Crippen molar-refractivity contribution in [1.29, 1.82) is 0 Å². The van der Waals surface area contributed by atoms with Crippen molar-refractivity contribution < 1.29 is 9.47 Å². The summed E-state index contributed by atoms with van der Waals surface area (Å²) in [6.45, 7) is 8.48. The fourth-order valence-electron chi connectivity index (χ4n) is 4.14. The van der Waals surface area contributed by atoms with Gasteiger partial charge in [0.2, 0.25) is 0 Å². The van der Waals surface area contributed by atoms with Gasteiger partial charge in [-0.1, -0.05) is 25.4 Å². The second kappa shape index (κ2) is 10.7. The van der Waals surface area contributed by atoms with Crippen molar-refractivity contribution in [3.8, 4) is 17.0 Å². The van der Waals surface area contributed by atoms with Gasteiger partial charge in [-0.25, -0.2) is 15.0 Å². The molecule has 0 amide bonds. The number of nitrogens with one attached hydrogen (secondary N) is 1. The molecular weight excluding hydrogens is 458 g/mol. The molecule has 9 heteroatoms. The Kier molecular flexibility index (Phi) is 7.67. The van der Waals surface area contributed by atoms with Crippen LogP contribution < -0.4 is 15.0 Å². The van der Waals surface area contributed by atoms with E-state index in [0.717, 1.165) is 65.3 Å². The van der Waals surface area contributed by atoms with Crippen LogP contribution in [0.15, 0.2) is 29.8 Å². The number of halogens is 1. The molecule has 2 aromatic heterocycles. The van der Waals surface area contributed by atoms with Crippen LogP contribution >= 0.6 is 22.9 Å². The van der Waals surface area contributed by atoms with Crippen molar-refractivity contribution in [3.05, 3.63) is 46.2 Å². The predicted octanol–water partition coefficient (Wildman–Crippen LogP) is 5.09. The molecule has 1 fully saturated rings. The van der Waals surface area contributed by atoms with Gasteiger partial charge in [0.25, 0.3) is 0 Å². The van der Waals surface area contributed by atoms with E-state index in [9.17, 15) is 0 Å². The van der Waals surface area contributed by atoms with Crippen LogP contribution in [0.3, 0.4) is 0 Å². The summed E-state index contributed by atoms with van der Waals surface area (Å²) in [5, 5.41) is 7.28. The fourth-order valence-corrected chi connectivity index (χ4v) is 5.07. The lowest BCUT2D eigenvalue weighted by Crippen LogP contribution is -2.35. The number of methoxy groups -OCH3 is 1. The SMILES string of the molecule is CCOC1CN(c2nccs2)CC1Nc1nc(CC)c(-c2ccc(OC)cc2Cl)nc1CC. The molecule has 0 spiro atoms. The molecule has 7 nitrogen and oxygen atoms in total. The third kappa shape index (κ3) is 5.08. The molecular formula is C24H30ClN5O2S. The van der Waals surface area contributed by atoms with E-state index in [-0.39, 0.29) is 12.1 Å². The quantitative estimate of drug-likeness (QED) is 0.450. The maximum Gasteiger partial charge on any atom is 0.185 e. The van der Waals surface area contributed by atoms with Gasteiger partial charge in [-0.2, -0.15) is 0 Å². The number of aromatic nitrogens is 3. The van der Waals surface area contributed by atoms with Crippen LogP contribution in [-0.2, 0) is 17.6 Å². The number of nitrogens with zero attached hydrogens (tertiary/aromatic N) is 4. The van der Waals surface area contributed by atoms with E-state index < -0.39 is 0 Å². The highest BCUT2D eigenvalue weighted by Crippen LogP contribution is 2.34. The highest BCUT2D eigenvalue weighted by atomic mass is 35.5. The molecule has 1 N–H and O–H groups in total. The summed E-state index contributed by atoms with van der Waals surface area (Å²) in [5.41, 5.74) is 3.51. The van der Waals surface area contributed by atoms with Gasteiger partial charge >= 0.3 is 0 Å². The lowest BCUT2D eigenvalue weighted by Gasteiger charge is -2.22. The fraction of sp³-hybridized carbons (Fsp3) is 0.458. The first-order chi connectivity index (χ1) is 16.1. The number of hydrogen-bond acceptors (Lipinski definition) is 8. The Morgan fingerprint density at radius 2 is 1.97 bits per heavy atom. The molecule has 1 aliphatic rings. The van der Waals surface area contributed by atoms with Crippen LogP contribution in [0, 0.1) is 0 Å². The highest BCUT2D eigenvalue weighted by molar-refractivity contribution is 7.13. The van der Waals surface area contributed by atoms with E-state index in [2.05, 4.69) is 29.0 Å². The topological polar surface area (TPSA) is 72.4 Å². The number of thiazole rings is 1. The molecule has 4 rings (SSSR count). The first-order valence-corrected chi connectivity index (χ1v) is 12.6. The number of hydrogen-bond donors (Lipinski definition) is 1. The van der Waals surface area contributed by atoms with Gasteiger partial charge < -0.3 is 19.7 Å². The van der Waals surface area contributed by atoms with Crippen molar-refractivity contribution in [2.75, 3.05) is 37.0 Å². The summed E-state index contributed by atoms with van der Waals surface area (Å²) in [7, 11) is 1.63. The minimum atomic E-state index is 0.0474. The predicted molar refractivity (Wildman–Crippen MR) is 135 cm³/mol. The molecule has 1 aliphatic heterocycles. The molecule has 0 saturated carbocycles. The van der Waals surface area contributed by atoms with E-state index >= 15 is 0 Å². The molecule has 3 aromatic rings. The van der Waals surface area contributed by atoms with Gasteiger partial charge in [-0.05, 0) is 38.0 Å². The third-order valence-electron chi connectivity index (χ3n) is 5.80. The van der Waals surface area contributed by atoms with Gasteiger partial charge in [0.05, 0.1) is 41.4 Å². The monoisotopic (exact) mass is 487 g/mol. The maximum absolute atomic E-state index is 6.57. The Labute approximate surface area is 204 Å². The molecule has 1 saturated heterocycles. The van der Waals surface area contributed by atoms with E-state index in [1.54, 1.807) is 18.4 Å². The molecule has 2 atom stereocenters. The number of benzene rings is 1. The molecule has 33 heavy (non-hydrogen) atoms. The zero-order chi connectivity index (χ0) is 23.4. The standard InChI is InChI=1S/C24H30ClN5O2S/c1-5-18-22(16-9-8-15(31-4)12-17(16)25)27-19(6-2)23(28-18)29-20-13-30(14-21(20)32-7-3)24-26-10-11-33-24/h8-12,20-21H,5-7,13-14H2,1-4H3,(H,28,29). The first kappa shape index (κ1) is 23.7. The number of ether oxygens (including phenoxy) is 2. The Morgan fingerprint density at radius 3 is 2.61 bits per heavy atom. The summed E-state index contributed by atoms with van der Waals surface area (Å²) in [6.07, 6.45) is 3.38. The van der Waals surface area contributed by atoms with Crippen molar-refractivity contribution in [2.45, 2.75) is 45.8 Å². The Bertz CT molecular complexity index is 1080. The average Bonchev–Trinajstić information content (AvgIpc) is 3.49. The Balaban J connectivity index is 1.65. The number of rotatable bonds is 9. The molecule has 3 heterocycles. The lowest BCUT2D eigenvalue weighted by atomic mass is 10.1. The van der Waals surface area contributed by atoms with Crippen LogP contribution in [0.2, 0.25) is 5.02 Å². The van der Waals surface area contributed by atoms with Gasteiger partial charge in [-0.3, -0.25) is 0 Å². The van der Waals surface area contributed by atoms with E-state index in [4.69, 9.17) is 31.0 Å². The minimum Gasteiger partial charge on any atom is -0.497 e. The minimum absolute atomic E-state index is 0.0474. The maximum atomic E-state index is 6.57. The van der Waals surface area contributed by atoms with Crippen LogP contribution in [0.1, 0.15) is 32.2 Å². The summed E-state index contributed by atoms with van der Waals surface area (Å²) < 4.78 is 11.4.